The summed E-state index contributed by atoms with van der Waals surface area (Å²) in [5, 5.41) is 9.76. The molecule has 0 saturated carbocycles. The van der Waals surface area contributed by atoms with Crippen LogP contribution in [0.15, 0.2) is 42.5 Å². The van der Waals surface area contributed by atoms with Crippen LogP contribution in [0.3, 0.4) is 0 Å². The molecule has 3 nitrogen and oxygen atoms in total. The lowest BCUT2D eigenvalue weighted by Gasteiger charge is -2.10. The molecule has 0 heterocycles. The summed E-state index contributed by atoms with van der Waals surface area (Å²) in [6.07, 6.45) is 0. The number of aryl methyl sites for hydroxylation is 1. The van der Waals surface area contributed by atoms with E-state index in [-0.39, 0.29) is 12.2 Å². The summed E-state index contributed by atoms with van der Waals surface area (Å²) in [4.78, 5) is 11.1. The number of carboxylic acid groups (broad SMARTS) is 1. The van der Waals surface area contributed by atoms with Crippen molar-refractivity contribution in [2.24, 2.45) is 0 Å². The molecule has 0 radical (unpaired) electrons. The topological polar surface area (TPSA) is 46.5 Å². The molecule has 0 aliphatic carbocycles. The molecule has 2 aromatic carbocycles. The molecule has 98 valence electrons. The molecule has 0 amide bonds. The molecule has 0 atom stereocenters. The van der Waals surface area contributed by atoms with Crippen LogP contribution in [0.5, 0.6) is 5.75 Å². The van der Waals surface area contributed by atoms with Gasteiger partial charge in [0.15, 0.2) is 0 Å². The minimum Gasteiger partial charge on any atom is -0.488 e. The summed E-state index contributed by atoms with van der Waals surface area (Å²) < 4.78 is 5.56. The van der Waals surface area contributed by atoms with Gasteiger partial charge in [-0.25, -0.2) is 4.79 Å². The van der Waals surface area contributed by atoms with E-state index < -0.39 is 5.97 Å². The number of benzene rings is 2. The highest BCUT2D eigenvalue weighted by atomic mass is 35.5. The van der Waals surface area contributed by atoms with Gasteiger partial charge in [-0.1, -0.05) is 35.4 Å². The highest BCUT2D eigenvalue weighted by Crippen LogP contribution is 2.21. The smallest absolute Gasteiger partial charge is 0.339 e. The second kappa shape index (κ2) is 5.76. The summed E-state index contributed by atoms with van der Waals surface area (Å²) >= 11 is 5.88. The standard InChI is InChI=1S/C15H13ClO3/c1-10-5-6-14(13(7-10)15(17)18)19-9-11-3-2-4-12(16)8-11/h2-8H,9H2,1H3,(H,17,18). The maximum absolute atomic E-state index is 11.1. The maximum Gasteiger partial charge on any atom is 0.339 e. The van der Waals surface area contributed by atoms with Gasteiger partial charge in [0.1, 0.15) is 17.9 Å². The van der Waals surface area contributed by atoms with Crippen LogP contribution in [-0.2, 0) is 6.61 Å². The van der Waals surface area contributed by atoms with Crippen molar-refractivity contribution in [1.29, 1.82) is 0 Å². The van der Waals surface area contributed by atoms with Gasteiger partial charge in [-0.2, -0.15) is 0 Å². The first-order valence-corrected chi connectivity index (χ1v) is 6.15. The van der Waals surface area contributed by atoms with Crippen LogP contribution < -0.4 is 4.74 Å². The Morgan fingerprint density at radius 3 is 2.74 bits per heavy atom. The van der Waals surface area contributed by atoms with Crippen molar-refractivity contribution >= 4 is 17.6 Å². The van der Waals surface area contributed by atoms with Gasteiger partial charge in [-0.05, 0) is 36.8 Å². The summed E-state index contributed by atoms with van der Waals surface area (Å²) in [6.45, 7) is 2.12. The second-order valence-corrected chi connectivity index (χ2v) is 4.66. The van der Waals surface area contributed by atoms with Crippen LogP contribution in [0.1, 0.15) is 21.5 Å². The summed E-state index contributed by atoms with van der Waals surface area (Å²) in [5.74, 6) is -0.636. The fraction of sp³-hybridized carbons (Fsp3) is 0.133. The van der Waals surface area contributed by atoms with E-state index in [1.807, 2.05) is 25.1 Å². The Morgan fingerprint density at radius 1 is 1.26 bits per heavy atom. The average molecular weight is 277 g/mol. The van der Waals surface area contributed by atoms with E-state index in [2.05, 4.69) is 0 Å². The zero-order valence-corrected chi connectivity index (χ0v) is 11.1. The van der Waals surface area contributed by atoms with Crippen molar-refractivity contribution in [3.63, 3.8) is 0 Å². The summed E-state index contributed by atoms with van der Waals surface area (Å²) in [6, 6.07) is 12.4. The minimum atomic E-state index is -0.996. The molecule has 0 spiro atoms. The van der Waals surface area contributed by atoms with Gasteiger partial charge in [0.05, 0.1) is 0 Å². The molecule has 0 bridgehead atoms. The van der Waals surface area contributed by atoms with Crippen LogP contribution in [0, 0.1) is 6.92 Å². The summed E-state index contributed by atoms with van der Waals surface area (Å²) in [7, 11) is 0. The Balaban J connectivity index is 2.17. The number of carbonyl (C=O) groups is 1. The zero-order chi connectivity index (χ0) is 13.8. The number of ether oxygens (including phenoxy) is 1. The Bertz CT molecular complexity index is 608. The lowest BCUT2D eigenvalue weighted by atomic mass is 10.1. The van der Waals surface area contributed by atoms with Gasteiger partial charge in [0, 0.05) is 5.02 Å². The SMILES string of the molecule is Cc1ccc(OCc2cccc(Cl)c2)c(C(=O)O)c1. The molecule has 0 aromatic heterocycles. The zero-order valence-electron chi connectivity index (χ0n) is 10.4. The fourth-order valence-electron chi connectivity index (χ4n) is 1.72. The van der Waals surface area contributed by atoms with Crippen molar-refractivity contribution in [1.82, 2.24) is 0 Å². The van der Waals surface area contributed by atoms with Crippen molar-refractivity contribution in [3.05, 3.63) is 64.2 Å². The lowest BCUT2D eigenvalue weighted by Crippen LogP contribution is -2.03. The van der Waals surface area contributed by atoms with Crippen molar-refractivity contribution in [3.8, 4) is 5.75 Å². The van der Waals surface area contributed by atoms with Crippen LogP contribution in [0.25, 0.3) is 0 Å². The lowest BCUT2D eigenvalue weighted by molar-refractivity contribution is 0.0691. The van der Waals surface area contributed by atoms with E-state index in [1.54, 1.807) is 24.3 Å². The van der Waals surface area contributed by atoms with Crippen molar-refractivity contribution < 1.29 is 14.6 Å². The van der Waals surface area contributed by atoms with Gasteiger partial charge in [-0.15, -0.1) is 0 Å². The molecule has 2 rings (SSSR count). The maximum atomic E-state index is 11.1. The van der Waals surface area contributed by atoms with E-state index in [0.29, 0.717) is 10.8 Å². The Morgan fingerprint density at radius 2 is 2.05 bits per heavy atom. The molecule has 0 fully saturated rings. The molecule has 0 aliphatic heterocycles. The Hall–Kier alpha value is -2.00. The van der Waals surface area contributed by atoms with Crippen molar-refractivity contribution in [2.75, 3.05) is 0 Å². The third-order valence-electron chi connectivity index (χ3n) is 2.65. The Labute approximate surface area is 116 Å². The number of hydrogen-bond donors (Lipinski definition) is 1. The number of hydrogen-bond acceptors (Lipinski definition) is 2. The number of carboxylic acids is 1. The quantitative estimate of drug-likeness (QED) is 0.920. The number of rotatable bonds is 4. The second-order valence-electron chi connectivity index (χ2n) is 4.22. The number of aromatic carboxylic acids is 1. The molecule has 1 N–H and O–H groups in total. The fourth-order valence-corrected chi connectivity index (χ4v) is 1.94. The molecule has 0 aliphatic rings. The van der Waals surface area contributed by atoms with Gasteiger partial charge >= 0.3 is 5.97 Å². The highest BCUT2D eigenvalue weighted by Gasteiger charge is 2.11. The van der Waals surface area contributed by atoms with Gasteiger partial charge < -0.3 is 9.84 Å². The van der Waals surface area contributed by atoms with Crippen LogP contribution in [0.4, 0.5) is 0 Å². The molecule has 4 heteroatoms. The first kappa shape index (κ1) is 13.4. The predicted molar refractivity (Wildman–Crippen MR) is 73.9 cm³/mol. The van der Waals surface area contributed by atoms with Gasteiger partial charge in [0.2, 0.25) is 0 Å². The highest BCUT2D eigenvalue weighted by molar-refractivity contribution is 6.30. The van der Waals surface area contributed by atoms with Crippen LogP contribution in [0.2, 0.25) is 5.02 Å². The molecule has 0 unspecified atom stereocenters. The molecule has 19 heavy (non-hydrogen) atoms. The molecule has 0 saturated heterocycles. The monoisotopic (exact) mass is 276 g/mol. The van der Waals surface area contributed by atoms with E-state index >= 15 is 0 Å². The van der Waals surface area contributed by atoms with E-state index in [4.69, 9.17) is 21.4 Å². The molecule has 2 aromatic rings. The van der Waals surface area contributed by atoms with Crippen LogP contribution in [-0.4, -0.2) is 11.1 Å². The normalized spacial score (nSPS) is 10.2. The number of halogens is 1. The minimum absolute atomic E-state index is 0.169. The first-order valence-electron chi connectivity index (χ1n) is 5.77. The van der Waals surface area contributed by atoms with Crippen molar-refractivity contribution in [2.45, 2.75) is 13.5 Å². The third-order valence-corrected chi connectivity index (χ3v) is 2.88. The van der Waals surface area contributed by atoms with Gasteiger partial charge in [-0.3, -0.25) is 0 Å². The van der Waals surface area contributed by atoms with E-state index in [0.717, 1.165) is 11.1 Å². The first-order chi connectivity index (χ1) is 9.06. The van der Waals surface area contributed by atoms with E-state index in [1.165, 1.54) is 0 Å². The molecular formula is C15H13ClO3. The predicted octanol–water partition coefficient (Wildman–Crippen LogP) is 3.93. The van der Waals surface area contributed by atoms with Gasteiger partial charge in [0.25, 0.3) is 0 Å². The summed E-state index contributed by atoms with van der Waals surface area (Å²) in [5.41, 5.74) is 1.94. The molecular weight excluding hydrogens is 264 g/mol. The third kappa shape index (κ3) is 3.48. The van der Waals surface area contributed by atoms with E-state index in [9.17, 15) is 4.79 Å². The largest absolute Gasteiger partial charge is 0.488 e. The Kier molecular flexibility index (Phi) is 4.07. The van der Waals surface area contributed by atoms with Crippen LogP contribution >= 0.6 is 11.6 Å². The average Bonchev–Trinajstić information content (AvgIpc) is 2.37.